The lowest BCUT2D eigenvalue weighted by Gasteiger charge is -2.25. The lowest BCUT2D eigenvalue weighted by molar-refractivity contribution is 0.0981. The van der Waals surface area contributed by atoms with Crippen molar-refractivity contribution in [3.8, 4) is 17.2 Å². The summed E-state index contributed by atoms with van der Waals surface area (Å²) < 4.78 is 17.3. The zero-order valence-electron chi connectivity index (χ0n) is 17.8. The Morgan fingerprint density at radius 2 is 1.84 bits per heavy atom. The number of hydrogen-bond acceptors (Lipinski definition) is 7. The molecule has 0 aliphatic carbocycles. The first kappa shape index (κ1) is 23.1. The Morgan fingerprint density at radius 3 is 2.55 bits per heavy atom. The topological polar surface area (TPSA) is 64.1 Å². The van der Waals surface area contributed by atoms with E-state index in [0.29, 0.717) is 34.5 Å². The van der Waals surface area contributed by atoms with Gasteiger partial charge in [-0.15, -0.1) is 12.4 Å². The number of likely N-dealkylation sites (N-methyl/N-ethyl adjacent to an activating group) is 1. The van der Waals surface area contributed by atoms with Crippen LogP contribution in [0.3, 0.4) is 0 Å². The highest BCUT2D eigenvalue weighted by atomic mass is 35.5. The minimum Gasteiger partial charge on any atom is -0.496 e. The number of carbonyl (C=O) groups is 1. The molecule has 0 spiro atoms. The molecule has 0 atom stereocenters. The van der Waals surface area contributed by atoms with Gasteiger partial charge in [-0.1, -0.05) is 37.3 Å². The summed E-state index contributed by atoms with van der Waals surface area (Å²) in [5.74, 6) is 1.82. The lowest BCUT2D eigenvalue weighted by Crippen LogP contribution is -2.39. The predicted octanol–water partition coefficient (Wildman–Crippen LogP) is 4.44. The third-order valence-electron chi connectivity index (χ3n) is 5.22. The van der Waals surface area contributed by atoms with Crippen LogP contribution in [0.4, 0.5) is 5.13 Å². The molecule has 0 saturated heterocycles. The first-order chi connectivity index (χ1) is 14.6. The minimum atomic E-state index is -0.126. The van der Waals surface area contributed by atoms with E-state index < -0.39 is 0 Å². The summed E-state index contributed by atoms with van der Waals surface area (Å²) in [5, 5.41) is 0.650. The third-order valence-corrected chi connectivity index (χ3v) is 6.26. The van der Waals surface area contributed by atoms with Crippen molar-refractivity contribution in [1.29, 1.82) is 0 Å². The molecule has 1 amide bonds. The molecule has 166 valence electrons. The van der Waals surface area contributed by atoms with Crippen LogP contribution in [0.5, 0.6) is 17.2 Å². The van der Waals surface area contributed by atoms with Gasteiger partial charge in [0.15, 0.2) is 16.6 Å². The van der Waals surface area contributed by atoms with Crippen LogP contribution in [0.2, 0.25) is 0 Å². The number of anilines is 1. The number of rotatable bonds is 8. The van der Waals surface area contributed by atoms with Crippen LogP contribution in [0.1, 0.15) is 24.2 Å². The van der Waals surface area contributed by atoms with Gasteiger partial charge >= 0.3 is 0 Å². The molecule has 4 rings (SSSR count). The Balaban J connectivity index is 0.00000272. The highest BCUT2D eigenvalue weighted by molar-refractivity contribution is 7.22. The number of benzene rings is 2. The van der Waals surface area contributed by atoms with Crippen LogP contribution in [-0.4, -0.2) is 55.9 Å². The van der Waals surface area contributed by atoms with E-state index >= 15 is 0 Å². The second-order valence-electron chi connectivity index (χ2n) is 6.85. The van der Waals surface area contributed by atoms with Gasteiger partial charge in [0.25, 0.3) is 5.91 Å². The van der Waals surface area contributed by atoms with E-state index in [4.69, 9.17) is 19.2 Å². The van der Waals surface area contributed by atoms with Crippen LogP contribution in [-0.2, 0) is 0 Å². The van der Waals surface area contributed by atoms with Gasteiger partial charge in [-0.05, 0) is 25.2 Å². The van der Waals surface area contributed by atoms with Gasteiger partial charge in [0.2, 0.25) is 6.79 Å². The largest absolute Gasteiger partial charge is 0.496 e. The molecular weight excluding hydrogens is 438 g/mol. The fraction of sp³-hybridized carbons (Fsp3) is 0.364. The Morgan fingerprint density at radius 1 is 1.13 bits per heavy atom. The number of thiazole rings is 1. The summed E-state index contributed by atoms with van der Waals surface area (Å²) in [4.78, 5) is 22.3. The van der Waals surface area contributed by atoms with Crippen molar-refractivity contribution in [2.24, 2.45) is 0 Å². The van der Waals surface area contributed by atoms with Gasteiger partial charge in [0.1, 0.15) is 5.75 Å². The van der Waals surface area contributed by atoms with Crippen molar-refractivity contribution in [3.05, 3.63) is 42.0 Å². The molecule has 0 saturated carbocycles. The Bertz CT molecular complexity index is 1010. The summed E-state index contributed by atoms with van der Waals surface area (Å²) in [5.41, 5.74) is 1.31. The molecule has 31 heavy (non-hydrogen) atoms. The molecule has 7 nitrogen and oxygen atoms in total. The Labute approximate surface area is 191 Å². The zero-order chi connectivity index (χ0) is 21.1. The van der Waals surface area contributed by atoms with Crippen molar-refractivity contribution >= 4 is 45.0 Å². The van der Waals surface area contributed by atoms with E-state index in [1.165, 1.54) is 11.3 Å². The monoisotopic (exact) mass is 463 g/mol. The highest BCUT2D eigenvalue weighted by Crippen LogP contribution is 2.40. The number of hydrogen-bond donors (Lipinski definition) is 0. The van der Waals surface area contributed by atoms with E-state index in [9.17, 15) is 4.79 Å². The van der Waals surface area contributed by atoms with Crippen LogP contribution in [0.25, 0.3) is 10.2 Å². The van der Waals surface area contributed by atoms with E-state index in [-0.39, 0.29) is 25.1 Å². The summed E-state index contributed by atoms with van der Waals surface area (Å²) in [6, 6.07) is 11.1. The molecule has 1 aromatic heterocycles. The fourth-order valence-corrected chi connectivity index (χ4v) is 4.45. The quantitative estimate of drug-likeness (QED) is 0.492. The molecule has 0 fully saturated rings. The van der Waals surface area contributed by atoms with Crippen molar-refractivity contribution < 1.29 is 19.0 Å². The zero-order valence-corrected chi connectivity index (χ0v) is 19.4. The molecule has 3 aromatic rings. The summed E-state index contributed by atoms with van der Waals surface area (Å²) in [6.45, 7) is 7.60. The Kier molecular flexibility index (Phi) is 7.59. The molecule has 2 aromatic carbocycles. The number of amides is 1. The number of para-hydroxylation sites is 1. The second kappa shape index (κ2) is 10.2. The predicted molar refractivity (Wildman–Crippen MR) is 125 cm³/mol. The summed E-state index contributed by atoms with van der Waals surface area (Å²) in [6.07, 6.45) is 0. The number of carbonyl (C=O) groups excluding carboxylic acids is 1. The first-order valence-corrected chi connectivity index (χ1v) is 10.8. The number of fused-ring (bicyclic) bond motifs is 2. The maximum Gasteiger partial charge on any atom is 0.263 e. The fourth-order valence-electron chi connectivity index (χ4n) is 3.45. The van der Waals surface area contributed by atoms with Crippen LogP contribution in [0.15, 0.2) is 36.4 Å². The van der Waals surface area contributed by atoms with Gasteiger partial charge in [0.05, 0.1) is 22.9 Å². The van der Waals surface area contributed by atoms with Crippen molar-refractivity contribution in [2.45, 2.75) is 13.8 Å². The molecule has 0 unspecified atom stereocenters. The van der Waals surface area contributed by atoms with Gasteiger partial charge in [0, 0.05) is 25.2 Å². The van der Waals surface area contributed by atoms with E-state index in [1.54, 1.807) is 24.1 Å². The first-order valence-electron chi connectivity index (χ1n) is 10.0. The van der Waals surface area contributed by atoms with Gasteiger partial charge < -0.3 is 19.1 Å². The third kappa shape index (κ3) is 4.71. The normalized spacial score (nSPS) is 12.1. The number of ether oxygens (including phenoxy) is 3. The van der Waals surface area contributed by atoms with Crippen molar-refractivity contribution in [2.75, 3.05) is 45.0 Å². The lowest BCUT2D eigenvalue weighted by atomic mass is 10.1. The molecule has 0 bridgehead atoms. The Hall–Kier alpha value is -2.55. The molecule has 0 N–H and O–H groups in total. The van der Waals surface area contributed by atoms with Crippen LogP contribution < -0.4 is 19.1 Å². The van der Waals surface area contributed by atoms with E-state index in [2.05, 4.69) is 18.7 Å². The van der Waals surface area contributed by atoms with Crippen molar-refractivity contribution in [3.63, 3.8) is 0 Å². The maximum atomic E-state index is 13.5. The maximum absolute atomic E-state index is 13.5. The number of methoxy groups -OCH3 is 1. The molecular formula is C22H26ClN3O4S. The molecule has 1 aliphatic heterocycles. The summed E-state index contributed by atoms with van der Waals surface area (Å²) >= 11 is 1.47. The number of nitrogens with zero attached hydrogens (tertiary/aromatic N) is 3. The van der Waals surface area contributed by atoms with E-state index in [0.717, 1.165) is 29.9 Å². The van der Waals surface area contributed by atoms with Crippen molar-refractivity contribution in [1.82, 2.24) is 9.88 Å². The molecule has 1 aliphatic rings. The molecule has 9 heteroatoms. The standard InChI is InChI=1S/C22H25N3O4S.ClH/c1-4-24(5-2)10-11-25(21(26)15-8-6-7-9-17(15)27-3)22-23-16-12-18-19(29-14-28-18)13-20(16)30-22;/h6-9,12-13H,4-5,10-11,14H2,1-3H3;1H. The van der Waals surface area contributed by atoms with Crippen LogP contribution in [0, 0.1) is 0 Å². The number of halogens is 1. The molecule has 2 heterocycles. The SMILES string of the molecule is CCN(CC)CCN(C(=O)c1ccccc1OC)c1nc2cc3c(cc2s1)OCO3.Cl. The van der Waals surface area contributed by atoms with E-state index in [1.807, 2.05) is 24.3 Å². The summed E-state index contributed by atoms with van der Waals surface area (Å²) in [7, 11) is 1.57. The average molecular weight is 464 g/mol. The van der Waals surface area contributed by atoms with Gasteiger partial charge in [-0.3, -0.25) is 9.69 Å². The average Bonchev–Trinajstić information content (AvgIpc) is 3.40. The van der Waals surface area contributed by atoms with Gasteiger partial charge in [-0.25, -0.2) is 4.98 Å². The molecule has 0 radical (unpaired) electrons. The minimum absolute atomic E-state index is 0. The number of aromatic nitrogens is 1. The second-order valence-corrected chi connectivity index (χ2v) is 7.86. The smallest absolute Gasteiger partial charge is 0.263 e. The highest BCUT2D eigenvalue weighted by Gasteiger charge is 2.25. The van der Waals surface area contributed by atoms with Crippen LogP contribution >= 0.6 is 23.7 Å². The van der Waals surface area contributed by atoms with Gasteiger partial charge in [-0.2, -0.15) is 0 Å².